The molecule has 0 aromatic carbocycles. The fourth-order valence-electron chi connectivity index (χ4n) is 3.45. The van der Waals surface area contributed by atoms with Crippen molar-refractivity contribution in [2.45, 2.75) is 45.1 Å². The molecule has 26 heavy (non-hydrogen) atoms. The maximum Gasteiger partial charge on any atom is 0.252 e. The van der Waals surface area contributed by atoms with Crippen molar-refractivity contribution < 1.29 is 18.0 Å². The number of rotatable bonds is 7. The molecule has 0 bridgehead atoms. The predicted octanol–water partition coefficient (Wildman–Crippen LogP) is 1.73. The van der Waals surface area contributed by atoms with Gasteiger partial charge in [-0.25, -0.2) is 8.42 Å². The minimum atomic E-state index is -3.30. The molecule has 2 saturated carbocycles. The van der Waals surface area contributed by atoms with Crippen molar-refractivity contribution in [3.63, 3.8) is 0 Å². The molecule has 142 valence electrons. The minimum absolute atomic E-state index is 0.150. The van der Waals surface area contributed by atoms with E-state index in [4.69, 9.17) is 0 Å². The Morgan fingerprint density at radius 3 is 2.58 bits per heavy atom. The van der Waals surface area contributed by atoms with Crippen LogP contribution in [-0.2, 0) is 34.2 Å². The molecule has 1 aromatic rings. The van der Waals surface area contributed by atoms with Crippen LogP contribution in [-0.4, -0.2) is 43.8 Å². The average Bonchev–Trinajstić information content (AvgIpc) is 3.47. The Balaban J connectivity index is 1.63. The fourth-order valence-corrected chi connectivity index (χ4v) is 5.55. The molecule has 1 amide bonds. The Hall–Kier alpha value is -1.25. The quantitative estimate of drug-likeness (QED) is 0.761. The van der Waals surface area contributed by atoms with E-state index in [1.54, 1.807) is 0 Å². The Morgan fingerprint density at radius 2 is 1.96 bits per heavy atom. The first-order chi connectivity index (χ1) is 12.3. The number of hydrogen-bond acceptors (Lipinski definition) is 5. The van der Waals surface area contributed by atoms with Crippen molar-refractivity contribution in [2.24, 2.45) is 11.8 Å². The molecule has 0 spiro atoms. The molecule has 8 heteroatoms. The summed E-state index contributed by atoms with van der Waals surface area (Å²) in [6.07, 6.45) is 6.31. The fraction of sp³-hybridized carbons (Fsp3) is 0.667. The number of nitrogens with zero attached hydrogens (tertiary/aromatic N) is 1. The van der Waals surface area contributed by atoms with Crippen LogP contribution in [0.25, 0.3) is 0 Å². The van der Waals surface area contributed by atoms with Gasteiger partial charge in [-0.15, -0.1) is 11.3 Å². The summed E-state index contributed by atoms with van der Waals surface area (Å²) in [5.41, 5.74) is 1.37. The molecular formula is C18H24N2O4S2. The van der Waals surface area contributed by atoms with Crippen LogP contribution in [0.3, 0.4) is 0 Å². The predicted molar refractivity (Wildman–Crippen MR) is 99.8 cm³/mol. The number of carbonyl (C=O) groups excluding carboxylic acids is 2. The zero-order valence-corrected chi connectivity index (χ0v) is 16.5. The van der Waals surface area contributed by atoms with Crippen LogP contribution in [0.15, 0.2) is 0 Å². The lowest BCUT2D eigenvalue weighted by molar-refractivity contribution is -0.119. The van der Waals surface area contributed by atoms with Crippen LogP contribution >= 0.6 is 11.3 Å². The summed E-state index contributed by atoms with van der Waals surface area (Å²) >= 11 is 1.52. The number of nitrogens with one attached hydrogen (secondary N) is 1. The van der Waals surface area contributed by atoms with E-state index in [-0.39, 0.29) is 24.2 Å². The summed E-state index contributed by atoms with van der Waals surface area (Å²) in [5.74, 6) is 0.782. The second-order valence-electron chi connectivity index (χ2n) is 7.72. The molecule has 0 saturated heterocycles. The highest BCUT2D eigenvalue weighted by atomic mass is 32.2. The van der Waals surface area contributed by atoms with Gasteiger partial charge < -0.3 is 5.32 Å². The van der Waals surface area contributed by atoms with Gasteiger partial charge in [0.25, 0.3) is 5.91 Å². The lowest BCUT2D eigenvalue weighted by atomic mass is 10.0. The second-order valence-corrected chi connectivity index (χ2v) is 10.9. The van der Waals surface area contributed by atoms with Crippen molar-refractivity contribution in [2.75, 3.05) is 19.3 Å². The number of amides is 1. The first-order valence-electron chi connectivity index (χ1n) is 9.22. The number of Topliss-reactive ketones (excluding diaryl/α,β-unsaturated/α-hetero) is 1. The van der Waals surface area contributed by atoms with Gasteiger partial charge in [-0.05, 0) is 43.6 Å². The van der Waals surface area contributed by atoms with Crippen LogP contribution in [0.5, 0.6) is 0 Å². The third kappa shape index (κ3) is 3.87. The van der Waals surface area contributed by atoms with E-state index < -0.39 is 10.0 Å². The molecule has 0 radical (unpaired) electrons. The Bertz CT molecular complexity index is 851. The van der Waals surface area contributed by atoms with E-state index in [0.717, 1.165) is 41.0 Å². The molecule has 2 aliphatic carbocycles. The van der Waals surface area contributed by atoms with Gasteiger partial charge in [0.1, 0.15) is 5.78 Å². The summed E-state index contributed by atoms with van der Waals surface area (Å²) in [5, 5.41) is 3.00. The maximum absolute atomic E-state index is 12.9. The highest BCUT2D eigenvalue weighted by Gasteiger charge is 2.35. The lowest BCUT2D eigenvalue weighted by Crippen LogP contribution is -2.36. The van der Waals surface area contributed by atoms with Crippen molar-refractivity contribution in [3.8, 4) is 0 Å². The molecule has 2 heterocycles. The molecule has 1 aromatic heterocycles. The summed E-state index contributed by atoms with van der Waals surface area (Å²) in [4.78, 5) is 27.1. The summed E-state index contributed by atoms with van der Waals surface area (Å²) in [6.45, 7) is 1.33. The smallest absolute Gasteiger partial charge is 0.252 e. The molecule has 2 fully saturated rings. The number of sulfonamides is 1. The molecule has 0 unspecified atom stereocenters. The van der Waals surface area contributed by atoms with Crippen molar-refractivity contribution >= 4 is 33.1 Å². The Morgan fingerprint density at radius 1 is 1.23 bits per heavy atom. The largest absolute Gasteiger partial charge is 0.352 e. The number of thiophene rings is 1. The van der Waals surface area contributed by atoms with Crippen LogP contribution < -0.4 is 5.32 Å². The van der Waals surface area contributed by atoms with Crippen LogP contribution in [0.4, 0.5) is 0 Å². The monoisotopic (exact) mass is 396 g/mol. The second kappa shape index (κ2) is 6.73. The van der Waals surface area contributed by atoms with E-state index in [1.165, 1.54) is 21.9 Å². The molecule has 3 aliphatic rings. The van der Waals surface area contributed by atoms with Gasteiger partial charge in [0.15, 0.2) is 0 Å². The van der Waals surface area contributed by atoms with Gasteiger partial charge >= 0.3 is 0 Å². The molecule has 1 aliphatic heterocycles. The van der Waals surface area contributed by atoms with Gasteiger partial charge in [0.2, 0.25) is 10.0 Å². The van der Waals surface area contributed by atoms with E-state index >= 15 is 0 Å². The van der Waals surface area contributed by atoms with E-state index in [9.17, 15) is 18.0 Å². The zero-order chi connectivity index (χ0) is 18.5. The lowest BCUT2D eigenvalue weighted by Gasteiger charge is -2.25. The van der Waals surface area contributed by atoms with Crippen molar-refractivity contribution in [1.29, 1.82) is 0 Å². The number of hydrogen-bond donors (Lipinski definition) is 1. The minimum Gasteiger partial charge on any atom is -0.352 e. The topological polar surface area (TPSA) is 83.6 Å². The maximum atomic E-state index is 12.9. The van der Waals surface area contributed by atoms with Crippen molar-refractivity contribution in [3.05, 3.63) is 20.9 Å². The first kappa shape index (κ1) is 18.1. The molecule has 0 atom stereocenters. The van der Waals surface area contributed by atoms with E-state index in [2.05, 4.69) is 5.32 Å². The zero-order valence-electron chi connectivity index (χ0n) is 14.9. The van der Waals surface area contributed by atoms with Gasteiger partial charge in [0, 0.05) is 41.7 Å². The highest BCUT2D eigenvalue weighted by molar-refractivity contribution is 7.88. The standard InChI is InChI=1S/C18H24N2O4S2/c1-26(23,24)20-7-6-15-13(10-20)17(18(22)19-9-11-2-3-11)16(25-15)8-14(21)12-4-5-12/h11-12H,2-10H2,1H3,(H,19,22). The van der Waals surface area contributed by atoms with E-state index in [1.807, 2.05) is 0 Å². The highest BCUT2D eigenvalue weighted by Crippen LogP contribution is 2.37. The van der Waals surface area contributed by atoms with Gasteiger partial charge in [-0.2, -0.15) is 4.31 Å². The summed E-state index contributed by atoms with van der Waals surface area (Å²) in [6, 6.07) is 0. The molecule has 6 nitrogen and oxygen atoms in total. The SMILES string of the molecule is CS(=O)(=O)N1CCc2sc(CC(=O)C3CC3)c(C(=O)NCC3CC3)c2C1. The van der Waals surface area contributed by atoms with Crippen LogP contribution in [0, 0.1) is 11.8 Å². The van der Waals surface area contributed by atoms with Crippen LogP contribution in [0.2, 0.25) is 0 Å². The molecule has 4 rings (SSSR count). The first-order valence-corrected chi connectivity index (χ1v) is 11.9. The molecule has 1 N–H and O–H groups in total. The van der Waals surface area contributed by atoms with Crippen LogP contribution in [0.1, 0.15) is 51.4 Å². The number of carbonyl (C=O) groups is 2. The average molecular weight is 397 g/mol. The third-order valence-electron chi connectivity index (χ3n) is 5.40. The third-order valence-corrected chi connectivity index (χ3v) is 7.94. The van der Waals surface area contributed by atoms with Gasteiger partial charge in [-0.1, -0.05) is 0 Å². The van der Waals surface area contributed by atoms with Gasteiger partial charge in [0.05, 0.1) is 11.8 Å². The van der Waals surface area contributed by atoms with Crippen molar-refractivity contribution in [1.82, 2.24) is 9.62 Å². The Labute approximate surface area is 158 Å². The Kier molecular flexibility index (Phi) is 4.69. The van der Waals surface area contributed by atoms with E-state index in [0.29, 0.717) is 37.4 Å². The summed E-state index contributed by atoms with van der Waals surface area (Å²) in [7, 11) is -3.30. The normalized spacial score (nSPS) is 20.7. The number of fused-ring (bicyclic) bond motifs is 1. The van der Waals surface area contributed by atoms with Gasteiger partial charge in [-0.3, -0.25) is 9.59 Å². The number of ketones is 1. The molecular weight excluding hydrogens is 372 g/mol. The summed E-state index contributed by atoms with van der Waals surface area (Å²) < 4.78 is 25.3.